The van der Waals surface area contributed by atoms with Crippen molar-refractivity contribution >= 4 is 80.5 Å². The number of carboxylic acids is 3. The molecular formula is C37H43N8O13S2+. The van der Waals surface area contributed by atoms with Crippen LogP contribution in [0.4, 0.5) is 5.13 Å². The first-order valence-corrected chi connectivity index (χ1v) is 20.5. The van der Waals surface area contributed by atoms with Gasteiger partial charge in [-0.2, -0.15) is 0 Å². The number of amides is 3. The summed E-state index contributed by atoms with van der Waals surface area (Å²) in [4.78, 5) is 99.6. The molecule has 21 nitrogen and oxygen atoms in total. The zero-order valence-corrected chi connectivity index (χ0v) is 34.2. The van der Waals surface area contributed by atoms with Crippen LogP contribution < -0.4 is 21.8 Å². The summed E-state index contributed by atoms with van der Waals surface area (Å²) in [5.74, 6) is -7.66. The molecule has 3 aliphatic rings. The van der Waals surface area contributed by atoms with Crippen LogP contribution in [0.5, 0.6) is 11.5 Å². The fraction of sp³-hybridized carbons (Fsp3) is 0.432. The van der Waals surface area contributed by atoms with Gasteiger partial charge in [0.2, 0.25) is 11.5 Å². The molecule has 60 heavy (non-hydrogen) atoms. The number of thioether (sulfide) groups is 1. The number of phenolic OH excluding ortho intramolecular Hbond substituents is 2. The van der Waals surface area contributed by atoms with Gasteiger partial charge in [0.1, 0.15) is 34.9 Å². The Morgan fingerprint density at radius 1 is 1.08 bits per heavy atom. The van der Waals surface area contributed by atoms with Crippen LogP contribution in [0.1, 0.15) is 56.1 Å². The van der Waals surface area contributed by atoms with E-state index < -0.39 is 87.7 Å². The van der Waals surface area contributed by atoms with Crippen molar-refractivity contribution in [2.24, 2.45) is 5.16 Å². The highest BCUT2D eigenvalue weighted by Crippen LogP contribution is 2.41. The largest absolute Gasteiger partial charge is 0.504 e. The lowest BCUT2D eigenvalue weighted by Crippen LogP contribution is -2.71. The molecule has 6 rings (SSSR count). The number of carboxylic acid groups (broad SMARTS) is 3. The van der Waals surface area contributed by atoms with Crippen LogP contribution in [0.15, 0.2) is 44.9 Å². The average Bonchev–Trinajstić information content (AvgIpc) is 3.82. The number of pyridine rings is 1. The minimum atomic E-state index is -1.96. The number of nitrogens with zero attached hydrogens (tertiary/aromatic N) is 5. The predicted molar refractivity (Wildman–Crippen MR) is 215 cm³/mol. The summed E-state index contributed by atoms with van der Waals surface area (Å²) in [6, 6.07) is 1.17. The number of likely N-dealkylation sites (tertiary alicyclic amines) is 1. The van der Waals surface area contributed by atoms with Crippen LogP contribution in [0.25, 0.3) is 10.9 Å². The second-order valence-corrected chi connectivity index (χ2v) is 17.6. The molecule has 0 spiro atoms. The van der Waals surface area contributed by atoms with Crippen molar-refractivity contribution in [3.05, 3.63) is 56.5 Å². The van der Waals surface area contributed by atoms with Crippen molar-refractivity contribution in [1.29, 1.82) is 0 Å². The molecule has 1 aromatic carbocycles. The third-order valence-electron chi connectivity index (χ3n) is 10.4. The molecule has 3 aliphatic heterocycles. The van der Waals surface area contributed by atoms with Gasteiger partial charge in [-0.15, -0.1) is 23.1 Å². The fourth-order valence-corrected chi connectivity index (χ4v) is 9.38. The summed E-state index contributed by atoms with van der Waals surface area (Å²) in [5, 5.41) is 58.5. The van der Waals surface area contributed by atoms with Gasteiger partial charge in [-0.3, -0.25) is 28.9 Å². The number of benzene rings is 1. The SMILES string of the molecule is CC(C)(C)n1cc(C(=O)NCC[N+]2(CC3=C(C(=O)O)N4C(=O)[C@@H](NC(=O)/C(=N\O[C@@H](CC(=O)O)C(=O)O)c5csc(N)n5)[C@H]4SC3)CCCC2)c(=O)c2cc(O)c(O)cc21. The lowest BCUT2D eigenvalue weighted by molar-refractivity contribution is -0.911. The topological polar surface area (TPSA) is 313 Å². The number of carbonyl (C=O) groups is 6. The molecule has 2 aromatic heterocycles. The van der Waals surface area contributed by atoms with Gasteiger partial charge in [0.15, 0.2) is 22.3 Å². The second kappa shape index (κ2) is 16.8. The molecule has 3 amide bonds. The first-order chi connectivity index (χ1) is 28.2. The van der Waals surface area contributed by atoms with Crippen LogP contribution in [0.2, 0.25) is 0 Å². The quantitative estimate of drug-likeness (QED) is 0.0342. The first kappa shape index (κ1) is 43.4. The Labute approximate surface area is 348 Å². The molecule has 320 valence electrons. The number of rotatable bonds is 15. The highest BCUT2D eigenvalue weighted by atomic mass is 32.2. The van der Waals surface area contributed by atoms with E-state index >= 15 is 0 Å². The van der Waals surface area contributed by atoms with Gasteiger partial charge in [-0.05, 0) is 26.8 Å². The predicted octanol–water partition coefficient (Wildman–Crippen LogP) is 0.634. The lowest BCUT2D eigenvalue weighted by Gasteiger charge is -2.50. The van der Waals surface area contributed by atoms with Gasteiger partial charge in [-0.1, -0.05) is 5.16 Å². The van der Waals surface area contributed by atoms with E-state index in [1.165, 1.54) is 29.4 Å². The van der Waals surface area contributed by atoms with Crippen LogP contribution in [0, 0.1) is 0 Å². The zero-order valence-electron chi connectivity index (χ0n) is 32.5. The molecule has 2 saturated heterocycles. The van der Waals surface area contributed by atoms with E-state index in [0.717, 1.165) is 35.1 Å². The van der Waals surface area contributed by atoms with Crippen LogP contribution in [-0.2, 0) is 34.3 Å². The average molecular weight is 872 g/mol. The molecule has 23 heteroatoms. The third-order valence-corrected chi connectivity index (χ3v) is 12.4. The number of thiazole rings is 1. The summed E-state index contributed by atoms with van der Waals surface area (Å²) in [7, 11) is 0. The number of oxime groups is 1. The number of nitrogens with two attached hydrogens (primary N) is 1. The number of nitrogen functional groups attached to an aromatic ring is 1. The number of quaternary nitrogens is 1. The summed E-state index contributed by atoms with van der Waals surface area (Å²) >= 11 is 2.15. The van der Waals surface area contributed by atoms with Gasteiger partial charge in [0, 0.05) is 47.3 Å². The Bertz CT molecular complexity index is 2410. The summed E-state index contributed by atoms with van der Waals surface area (Å²) in [6.45, 7) is 7.62. The van der Waals surface area contributed by atoms with Gasteiger partial charge in [-0.25, -0.2) is 14.6 Å². The molecular weight excluding hydrogens is 829 g/mol. The van der Waals surface area contributed by atoms with Crippen LogP contribution >= 0.6 is 23.1 Å². The van der Waals surface area contributed by atoms with E-state index in [4.69, 9.17) is 15.7 Å². The maximum Gasteiger partial charge on any atom is 0.352 e. The van der Waals surface area contributed by atoms with Gasteiger partial charge >= 0.3 is 17.9 Å². The van der Waals surface area contributed by atoms with Crippen molar-refractivity contribution in [1.82, 2.24) is 25.1 Å². The Kier molecular flexibility index (Phi) is 12.2. The minimum absolute atomic E-state index is 0.0175. The number of hydrogen-bond donors (Lipinski definition) is 8. The standard InChI is InChI=1S/C37H42N8O13S2/c1-37(2,3)43-13-19(29(50)18-10-22(46)23(47)11-21(18)43)30(51)39-6-9-45(7-4-5-8-45)14-17-15-59-33-27(32(53)44(33)28(17)35(56)57)41-31(52)26(20-16-60-36(38)40-20)42-58-24(34(54)55)12-25(48)49/h10-11,13,16,24,27,33H,4-9,12,14-15H2,1-3H3,(H8-,38,39,40,41,42,46,47,48,49,50,51,52,54,55,56,57)/p+1/t24-,27+,33+/m0/s1. The molecule has 5 heterocycles. The number of nitrogens with one attached hydrogen (secondary N) is 2. The Morgan fingerprint density at radius 3 is 2.37 bits per heavy atom. The van der Waals surface area contributed by atoms with Crippen molar-refractivity contribution in [2.75, 3.05) is 44.2 Å². The van der Waals surface area contributed by atoms with Crippen molar-refractivity contribution in [3.63, 3.8) is 0 Å². The van der Waals surface area contributed by atoms with Crippen LogP contribution in [0.3, 0.4) is 0 Å². The molecule has 3 aromatic rings. The highest BCUT2D eigenvalue weighted by molar-refractivity contribution is 8.00. The zero-order chi connectivity index (χ0) is 43.8. The number of β-lactam (4-membered cyclic amide) rings is 1. The summed E-state index contributed by atoms with van der Waals surface area (Å²) < 4.78 is 2.07. The number of aromatic nitrogens is 2. The normalized spacial score (nSPS) is 19.4. The van der Waals surface area contributed by atoms with E-state index in [9.17, 15) is 54.0 Å². The second-order valence-electron chi connectivity index (χ2n) is 15.6. The van der Waals surface area contributed by atoms with Gasteiger partial charge in [0.25, 0.3) is 17.7 Å². The number of aromatic hydroxyl groups is 2. The maximum absolute atomic E-state index is 13.6. The molecule has 0 radical (unpaired) electrons. The van der Waals surface area contributed by atoms with E-state index in [-0.39, 0.29) is 46.3 Å². The molecule has 9 N–H and O–H groups in total. The molecule has 2 fully saturated rings. The summed E-state index contributed by atoms with van der Waals surface area (Å²) in [6.07, 6.45) is 0.141. The first-order valence-electron chi connectivity index (χ1n) is 18.6. The highest BCUT2D eigenvalue weighted by Gasteiger charge is 2.55. The molecule has 0 aliphatic carbocycles. The smallest absolute Gasteiger partial charge is 0.352 e. The fourth-order valence-electron chi connectivity index (χ4n) is 7.50. The molecule has 0 saturated carbocycles. The van der Waals surface area contributed by atoms with E-state index in [2.05, 4.69) is 20.8 Å². The Morgan fingerprint density at radius 2 is 1.77 bits per heavy atom. The van der Waals surface area contributed by atoms with E-state index in [1.807, 2.05) is 20.8 Å². The van der Waals surface area contributed by atoms with Crippen LogP contribution in [-0.4, -0.2) is 142 Å². The summed E-state index contributed by atoms with van der Waals surface area (Å²) in [5.41, 5.74) is 4.16. The van der Waals surface area contributed by atoms with Crippen molar-refractivity contribution in [2.45, 2.75) is 63.1 Å². The van der Waals surface area contributed by atoms with E-state index in [0.29, 0.717) is 35.2 Å². The van der Waals surface area contributed by atoms with Crippen molar-refractivity contribution in [3.8, 4) is 11.5 Å². The molecule has 0 bridgehead atoms. The monoisotopic (exact) mass is 871 g/mol. The Balaban J connectivity index is 1.17. The third kappa shape index (κ3) is 8.72. The number of carbonyl (C=O) groups excluding carboxylic acids is 3. The van der Waals surface area contributed by atoms with Gasteiger partial charge in [0.05, 0.1) is 43.5 Å². The maximum atomic E-state index is 13.6. The number of fused-ring (bicyclic) bond motifs is 2. The van der Waals surface area contributed by atoms with Crippen molar-refractivity contribution < 1.29 is 63.6 Å². The number of phenols is 2. The lowest BCUT2D eigenvalue weighted by atomic mass is 10.0. The number of hydrogen-bond acceptors (Lipinski definition) is 15. The van der Waals surface area contributed by atoms with Gasteiger partial charge < -0.3 is 55.8 Å². The molecule has 0 unspecified atom stereocenters. The minimum Gasteiger partial charge on any atom is -0.504 e. The Hall–Kier alpha value is -6.20. The molecule has 3 atom stereocenters. The number of anilines is 1. The van der Waals surface area contributed by atoms with E-state index in [1.54, 1.807) is 4.57 Å². The number of aliphatic carboxylic acids is 3.